The van der Waals surface area contributed by atoms with E-state index in [1.54, 1.807) is 38.6 Å². The van der Waals surface area contributed by atoms with E-state index in [-0.39, 0.29) is 48.6 Å². The van der Waals surface area contributed by atoms with Crippen LogP contribution >= 0.6 is 11.8 Å². The Labute approximate surface area is 271 Å². The fourth-order valence-corrected chi connectivity index (χ4v) is 10.2. The number of hydrogen-bond donors (Lipinski definition) is 1. The van der Waals surface area contributed by atoms with Crippen molar-refractivity contribution in [1.82, 2.24) is 4.90 Å². The lowest BCUT2D eigenvalue weighted by atomic mass is 9.65. The molecule has 0 aliphatic carbocycles. The Kier molecular flexibility index (Phi) is 10.1. The zero-order valence-electron chi connectivity index (χ0n) is 26.7. The zero-order valence-corrected chi connectivity index (χ0v) is 27.5. The van der Waals surface area contributed by atoms with Gasteiger partial charge in [0.15, 0.2) is 0 Å². The van der Waals surface area contributed by atoms with Crippen LogP contribution < -0.4 is 14.7 Å². The number of aliphatic hydroxyl groups excluding tert-OH is 1. The minimum Gasteiger partial charge on any atom is -0.396 e. The SMILES string of the molecule is C=CCN(C(=O)C1N(CCCO)C(=O)[C@@H]2[C@@H](C(=O)N(CC=C)c3ccccc3)[C@H]3CC(C)C12S3)c1ccc(N(CC)CC)cc1. The lowest BCUT2D eigenvalue weighted by Gasteiger charge is -2.41. The van der Waals surface area contributed by atoms with Gasteiger partial charge in [0.05, 0.1) is 16.6 Å². The zero-order chi connectivity index (χ0) is 32.3. The number of carbonyl (C=O) groups excluding carboxylic acids is 3. The molecule has 3 fully saturated rings. The summed E-state index contributed by atoms with van der Waals surface area (Å²) in [6.45, 7) is 16.7. The van der Waals surface area contributed by atoms with E-state index in [0.29, 0.717) is 13.0 Å². The van der Waals surface area contributed by atoms with Crippen molar-refractivity contribution >= 4 is 46.5 Å². The minimum absolute atomic E-state index is 0.0405. The molecule has 3 saturated heterocycles. The molecule has 0 saturated carbocycles. The van der Waals surface area contributed by atoms with Crippen LogP contribution in [0.2, 0.25) is 0 Å². The molecule has 0 aromatic heterocycles. The Hall–Kier alpha value is -3.56. The molecular weight excluding hydrogens is 584 g/mol. The van der Waals surface area contributed by atoms with Gasteiger partial charge in [0.25, 0.3) is 5.91 Å². The number of amides is 3. The van der Waals surface area contributed by atoms with Gasteiger partial charge >= 0.3 is 0 Å². The van der Waals surface area contributed by atoms with Gasteiger partial charge in [-0.15, -0.1) is 24.9 Å². The lowest BCUT2D eigenvalue weighted by molar-refractivity contribution is -0.139. The third kappa shape index (κ3) is 5.58. The van der Waals surface area contributed by atoms with Crippen LogP contribution in [0.4, 0.5) is 17.1 Å². The quantitative estimate of drug-likeness (QED) is 0.296. The van der Waals surface area contributed by atoms with Gasteiger partial charge in [0.2, 0.25) is 11.8 Å². The van der Waals surface area contributed by atoms with Gasteiger partial charge in [-0.25, -0.2) is 0 Å². The average molecular weight is 631 g/mol. The maximum Gasteiger partial charge on any atom is 0.251 e. The smallest absolute Gasteiger partial charge is 0.251 e. The van der Waals surface area contributed by atoms with Crippen molar-refractivity contribution in [1.29, 1.82) is 0 Å². The summed E-state index contributed by atoms with van der Waals surface area (Å²) >= 11 is 1.67. The highest BCUT2D eigenvalue weighted by molar-refractivity contribution is 8.02. The second kappa shape index (κ2) is 13.8. The fraction of sp³-hybridized carbons (Fsp3) is 0.472. The second-order valence-electron chi connectivity index (χ2n) is 12.2. The molecule has 8 nitrogen and oxygen atoms in total. The molecule has 3 aliphatic rings. The Morgan fingerprint density at radius 1 is 0.956 bits per heavy atom. The number of aliphatic hydroxyl groups is 1. The van der Waals surface area contributed by atoms with Crippen LogP contribution in [0.5, 0.6) is 0 Å². The summed E-state index contributed by atoms with van der Waals surface area (Å²) in [6, 6.07) is 16.7. The van der Waals surface area contributed by atoms with E-state index in [0.717, 1.165) is 36.6 Å². The number of thioether (sulfide) groups is 1. The molecule has 0 radical (unpaired) electrons. The first-order valence-electron chi connectivity index (χ1n) is 16.1. The van der Waals surface area contributed by atoms with Crippen LogP contribution in [0.1, 0.15) is 33.6 Å². The average Bonchev–Trinajstić information content (AvgIpc) is 3.65. The van der Waals surface area contributed by atoms with Gasteiger partial charge < -0.3 is 24.7 Å². The highest BCUT2D eigenvalue weighted by Gasteiger charge is 2.76. The van der Waals surface area contributed by atoms with Gasteiger partial charge in [0.1, 0.15) is 6.04 Å². The molecule has 5 rings (SSSR count). The number of fused-ring (bicyclic) bond motifs is 1. The van der Waals surface area contributed by atoms with Gasteiger partial charge in [0, 0.05) is 61.6 Å². The number of carbonyl (C=O) groups is 3. The van der Waals surface area contributed by atoms with E-state index in [9.17, 15) is 19.5 Å². The first-order chi connectivity index (χ1) is 21.8. The number of anilines is 3. The predicted molar refractivity (Wildman–Crippen MR) is 184 cm³/mol. The summed E-state index contributed by atoms with van der Waals surface area (Å²) < 4.78 is -0.758. The van der Waals surface area contributed by atoms with E-state index in [4.69, 9.17) is 0 Å². The molecule has 3 amide bonds. The van der Waals surface area contributed by atoms with E-state index in [1.165, 1.54) is 0 Å². The van der Waals surface area contributed by atoms with Crippen LogP contribution in [0.3, 0.4) is 0 Å². The van der Waals surface area contributed by atoms with E-state index >= 15 is 0 Å². The topological polar surface area (TPSA) is 84.4 Å². The van der Waals surface area contributed by atoms with Gasteiger partial charge in [-0.3, -0.25) is 14.4 Å². The second-order valence-corrected chi connectivity index (χ2v) is 13.7. The maximum atomic E-state index is 14.9. The summed E-state index contributed by atoms with van der Waals surface area (Å²) in [4.78, 5) is 51.2. The highest BCUT2D eigenvalue weighted by atomic mass is 32.2. The largest absolute Gasteiger partial charge is 0.396 e. The van der Waals surface area contributed by atoms with Crippen LogP contribution in [0.25, 0.3) is 0 Å². The summed E-state index contributed by atoms with van der Waals surface area (Å²) in [7, 11) is 0. The van der Waals surface area contributed by atoms with E-state index in [2.05, 4.69) is 38.8 Å². The first-order valence-corrected chi connectivity index (χ1v) is 17.0. The summed E-state index contributed by atoms with van der Waals surface area (Å²) in [6.07, 6.45) is 4.52. The van der Waals surface area contributed by atoms with Gasteiger partial charge in [-0.05, 0) is 69.0 Å². The molecule has 240 valence electrons. The Morgan fingerprint density at radius 3 is 2.11 bits per heavy atom. The number of rotatable bonds is 14. The fourth-order valence-electron chi connectivity index (χ4n) is 7.83. The van der Waals surface area contributed by atoms with Crippen LogP contribution in [0.15, 0.2) is 79.9 Å². The van der Waals surface area contributed by atoms with Crippen molar-refractivity contribution in [2.24, 2.45) is 17.8 Å². The molecule has 1 N–H and O–H groups in total. The van der Waals surface area contributed by atoms with Gasteiger partial charge in [-0.2, -0.15) is 0 Å². The van der Waals surface area contributed by atoms with E-state index in [1.807, 2.05) is 54.6 Å². The first kappa shape index (κ1) is 32.8. The molecule has 2 aromatic carbocycles. The monoisotopic (exact) mass is 630 g/mol. The summed E-state index contributed by atoms with van der Waals surface area (Å²) in [5, 5.41) is 9.70. The number of nitrogens with zero attached hydrogens (tertiary/aromatic N) is 4. The molecule has 3 unspecified atom stereocenters. The van der Waals surface area contributed by atoms with Crippen LogP contribution in [0, 0.1) is 17.8 Å². The molecule has 2 bridgehead atoms. The molecule has 9 heteroatoms. The standard InChI is InChI=1S/C36H46N4O4S/c1-6-20-38(27-14-11-10-12-15-27)33(42)30-29-24-25(5)36(45-29)31(30)34(43)40(22-13-23-41)32(36)35(44)39(21-7-2)28-18-16-26(17-19-28)37(8-3)9-4/h6-7,10-12,14-19,25,29-32,41H,1-2,8-9,13,20-24H2,3-5H3/t25?,29-,30+,31+,32?,36?/m1/s1. The minimum atomic E-state index is -0.767. The van der Waals surface area contributed by atoms with Crippen molar-refractivity contribution < 1.29 is 19.5 Å². The highest BCUT2D eigenvalue weighted by Crippen LogP contribution is 2.69. The molecule has 6 atom stereocenters. The molecule has 3 heterocycles. The third-order valence-corrected chi connectivity index (χ3v) is 11.9. The molecule has 3 aliphatic heterocycles. The van der Waals surface area contributed by atoms with Crippen molar-refractivity contribution in [2.75, 3.05) is 54.0 Å². The Bertz CT molecular complexity index is 1400. The molecule has 2 aromatic rings. The molecule has 1 spiro atoms. The number of hydrogen-bond acceptors (Lipinski definition) is 6. The molecular formula is C36H46N4O4S. The normalized spacial score (nSPS) is 26.4. The van der Waals surface area contributed by atoms with Crippen LogP contribution in [-0.4, -0.2) is 83.1 Å². The maximum absolute atomic E-state index is 14.9. The summed E-state index contributed by atoms with van der Waals surface area (Å²) in [5.41, 5.74) is 2.58. The third-order valence-electron chi connectivity index (χ3n) is 9.83. The van der Waals surface area contributed by atoms with Crippen molar-refractivity contribution in [2.45, 2.75) is 49.7 Å². The van der Waals surface area contributed by atoms with Crippen molar-refractivity contribution in [3.63, 3.8) is 0 Å². The Morgan fingerprint density at radius 2 is 1.53 bits per heavy atom. The molecule has 45 heavy (non-hydrogen) atoms. The lowest BCUT2D eigenvalue weighted by Crippen LogP contribution is -2.57. The van der Waals surface area contributed by atoms with Gasteiger partial charge in [-0.1, -0.05) is 37.3 Å². The van der Waals surface area contributed by atoms with Crippen molar-refractivity contribution in [3.05, 3.63) is 79.9 Å². The van der Waals surface area contributed by atoms with Crippen LogP contribution in [-0.2, 0) is 14.4 Å². The number of para-hydroxylation sites is 1. The van der Waals surface area contributed by atoms with E-state index < -0.39 is 22.6 Å². The number of likely N-dealkylation sites (tertiary alicyclic amines) is 1. The predicted octanol–water partition coefficient (Wildman–Crippen LogP) is 4.99. The van der Waals surface area contributed by atoms with Crippen molar-refractivity contribution in [3.8, 4) is 0 Å². The Balaban J connectivity index is 1.55. The number of benzene rings is 2. The summed E-state index contributed by atoms with van der Waals surface area (Å²) in [5.74, 6) is -1.59.